The predicted molar refractivity (Wildman–Crippen MR) is 175 cm³/mol. The van der Waals surface area contributed by atoms with Gasteiger partial charge in [0.15, 0.2) is 0 Å². The number of carbonyl (C=O) groups excluding carboxylic acids is 4. The second-order valence-corrected chi connectivity index (χ2v) is 11.1. The molecule has 2 atom stereocenters. The summed E-state index contributed by atoms with van der Waals surface area (Å²) in [5, 5.41) is 2.91. The molecule has 1 N–H and O–H groups in total. The Bertz CT molecular complexity index is 1670. The minimum Gasteiger partial charge on any atom is -0.497 e. The van der Waals surface area contributed by atoms with Crippen LogP contribution in [0.3, 0.4) is 0 Å². The van der Waals surface area contributed by atoms with Crippen molar-refractivity contribution in [3.05, 3.63) is 115 Å². The van der Waals surface area contributed by atoms with Crippen molar-refractivity contribution in [2.24, 2.45) is 5.92 Å². The Morgan fingerprint density at radius 1 is 0.844 bits per heavy atom. The van der Waals surface area contributed by atoms with Crippen LogP contribution in [0, 0.1) is 5.92 Å². The molecule has 230 valence electrons. The molecule has 1 heterocycles. The molecule has 5 rings (SSSR count). The largest absolute Gasteiger partial charge is 0.497 e. The standard InChI is InChI=1S/C36H36N4O5/c1-24(2)39(27-19-21-28(45-4)22-20-27)32(41)23-31(38(3)35(43)25-13-7-5-8-14-25)33-34(42)37-29-17-11-12-18-30(29)40(36(33)44)26-15-9-6-10-16-26/h5-22,24,31,33H,23H2,1-4H3,(H,37,42). The molecular weight excluding hydrogens is 568 g/mol. The monoisotopic (exact) mass is 604 g/mol. The molecule has 4 aromatic rings. The number of nitrogens with zero attached hydrogens (tertiary/aromatic N) is 3. The number of para-hydroxylation sites is 3. The van der Waals surface area contributed by atoms with E-state index in [-0.39, 0.29) is 18.4 Å². The lowest BCUT2D eigenvalue weighted by Gasteiger charge is -2.36. The highest BCUT2D eigenvalue weighted by molar-refractivity contribution is 6.20. The van der Waals surface area contributed by atoms with Gasteiger partial charge in [-0.15, -0.1) is 0 Å². The average molecular weight is 605 g/mol. The van der Waals surface area contributed by atoms with E-state index < -0.39 is 29.7 Å². The van der Waals surface area contributed by atoms with E-state index in [1.54, 1.807) is 103 Å². The van der Waals surface area contributed by atoms with Crippen molar-refractivity contribution in [3.8, 4) is 5.75 Å². The van der Waals surface area contributed by atoms with Crippen LogP contribution in [0.25, 0.3) is 0 Å². The molecule has 45 heavy (non-hydrogen) atoms. The molecule has 0 saturated heterocycles. The number of amides is 4. The molecule has 4 amide bonds. The zero-order valence-corrected chi connectivity index (χ0v) is 25.7. The molecule has 0 aromatic heterocycles. The Kier molecular flexibility index (Phi) is 9.28. The Hall–Kier alpha value is -5.44. The third-order valence-electron chi connectivity index (χ3n) is 7.93. The van der Waals surface area contributed by atoms with E-state index in [4.69, 9.17) is 4.74 Å². The Morgan fingerprint density at radius 2 is 1.44 bits per heavy atom. The second-order valence-electron chi connectivity index (χ2n) is 11.1. The molecule has 0 bridgehead atoms. The first kappa shape index (κ1) is 31.0. The van der Waals surface area contributed by atoms with Crippen molar-refractivity contribution in [2.45, 2.75) is 32.4 Å². The summed E-state index contributed by atoms with van der Waals surface area (Å²) in [4.78, 5) is 61.2. The summed E-state index contributed by atoms with van der Waals surface area (Å²) < 4.78 is 5.29. The summed E-state index contributed by atoms with van der Waals surface area (Å²) in [6, 6.07) is 30.4. The predicted octanol–water partition coefficient (Wildman–Crippen LogP) is 5.90. The zero-order valence-electron chi connectivity index (χ0n) is 25.7. The molecule has 0 spiro atoms. The molecule has 0 fully saturated rings. The fourth-order valence-corrected chi connectivity index (χ4v) is 5.70. The van der Waals surface area contributed by atoms with Gasteiger partial charge >= 0.3 is 0 Å². The Morgan fingerprint density at radius 3 is 2.07 bits per heavy atom. The highest BCUT2D eigenvalue weighted by Crippen LogP contribution is 2.38. The zero-order chi connectivity index (χ0) is 32.1. The van der Waals surface area contributed by atoms with E-state index in [1.807, 2.05) is 32.0 Å². The summed E-state index contributed by atoms with van der Waals surface area (Å²) in [6.07, 6.45) is -0.290. The van der Waals surface area contributed by atoms with Crippen molar-refractivity contribution in [1.82, 2.24) is 4.90 Å². The van der Waals surface area contributed by atoms with Gasteiger partial charge in [-0.2, -0.15) is 0 Å². The van der Waals surface area contributed by atoms with Crippen LogP contribution in [-0.2, 0) is 14.4 Å². The van der Waals surface area contributed by atoms with Crippen LogP contribution in [-0.4, -0.2) is 54.8 Å². The minimum atomic E-state index is -1.41. The van der Waals surface area contributed by atoms with Crippen LogP contribution in [0.1, 0.15) is 30.6 Å². The first-order chi connectivity index (χ1) is 21.7. The van der Waals surface area contributed by atoms with Gasteiger partial charge in [-0.25, -0.2) is 0 Å². The first-order valence-electron chi connectivity index (χ1n) is 14.8. The SMILES string of the molecule is COc1ccc(N(C(=O)CC(C2C(=O)Nc3ccccc3N(c3ccccc3)C2=O)N(C)C(=O)c2ccccc2)C(C)C)cc1. The summed E-state index contributed by atoms with van der Waals surface area (Å²) in [7, 11) is 3.10. The van der Waals surface area contributed by atoms with Crippen molar-refractivity contribution in [3.63, 3.8) is 0 Å². The fourth-order valence-electron chi connectivity index (χ4n) is 5.70. The van der Waals surface area contributed by atoms with Crippen molar-refractivity contribution < 1.29 is 23.9 Å². The summed E-state index contributed by atoms with van der Waals surface area (Å²) in [6.45, 7) is 3.76. The van der Waals surface area contributed by atoms with Gasteiger partial charge in [0.05, 0.1) is 24.5 Å². The van der Waals surface area contributed by atoms with Crippen LogP contribution in [0.4, 0.5) is 22.7 Å². The van der Waals surface area contributed by atoms with Crippen LogP contribution < -0.4 is 19.9 Å². The number of anilines is 4. The van der Waals surface area contributed by atoms with Gasteiger partial charge in [-0.05, 0) is 74.5 Å². The van der Waals surface area contributed by atoms with Gasteiger partial charge in [-0.3, -0.25) is 24.1 Å². The summed E-state index contributed by atoms with van der Waals surface area (Å²) in [5.41, 5.74) is 2.50. The van der Waals surface area contributed by atoms with Gasteiger partial charge in [-0.1, -0.05) is 48.5 Å². The normalized spacial score (nSPS) is 15.0. The van der Waals surface area contributed by atoms with Gasteiger partial charge in [0, 0.05) is 36.4 Å². The second kappa shape index (κ2) is 13.5. The van der Waals surface area contributed by atoms with E-state index in [1.165, 1.54) is 16.8 Å². The first-order valence-corrected chi connectivity index (χ1v) is 14.8. The molecule has 4 aromatic carbocycles. The number of nitrogens with one attached hydrogen (secondary N) is 1. The number of carbonyl (C=O) groups is 4. The van der Waals surface area contributed by atoms with Gasteiger partial charge < -0.3 is 19.9 Å². The van der Waals surface area contributed by atoms with Crippen LogP contribution >= 0.6 is 0 Å². The quantitative estimate of drug-likeness (QED) is 0.240. The van der Waals surface area contributed by atoms with Crippen molar-refractivity contribution >= 4 is 46.4 Å². The van der Waals surface area contributed by atoms with Gasteiger partial charge in [0.1, 0.15) is 11.7 Å². The molecule has 1 aliphatic heterocycles. The maximum Gasteiger partial charge on any atom is 0.253 e. The van der Waals surface area contributed by atoms with Crippen LogP contribution in [0.5, 0.6) is 5.75 Å². The molecule has 0 saturated carbocycles. The van der Waals surface area contributed by atoms with Crippen LogP contribution in [0.15, 0.2) is 109 Å². The molecule has 0 radical (unpaired) electrons. The molecule has 2 unspecified atom stereocenters. The lowest BCUT2D eigenvalue weighted by Crippen LogP contribution is -2.54. The smallest absolute Gasteiger partial charge is 0.253 e. The van der Waals surface area contributed by atoms with Crippen molar-refractivity contribution in [2.75, 3.05) is 29.3 Å². The maximum atomic E-state index is 14.6. The molecule has 0 aliphatic carbocycles. The molecular formula is C36H36N4O5. The van der Waals surface area contributed by atoms with Gasteiger partial charge in [0.25, 0.3) is 5.91 Å². The maximum absolute atomic E-state index is 14.6. The number of rotatable bonds is 9. The van der Waals surface area contributed by atoms with Crippen LogP contribution in [0.2, 0.25) is 0 Å². The lowest BCUT2D eigenvalue weighted by molar-refractivity contribution is -0.133. The molecule has 9 heteroatoms. The van der Waals surface area contributed by atoms with E-state index in [0.29, 0.717) is 34.1 Å². The summed E-state index contributed by atoms with van der Waals surface area (Å²) in [5.74, 6) is -2.68. The Labute approximate surface area is 263 Å². The van der Waals surface area contributed by atoms with Gasteiger partial charge in [0.2, 0.25) is 17.7 Å². The summed E-state index contributed by atoms with van der Waals surface area (Å²) >= 11 is 0. The number of ether oxygens (including phenoxy) is 1. The lowest BCUT2D eigenvalue weighted by atomic mass is 9.91. The third kappa shape index (κ3) is 6.43. The average Bonchev–Trinajstić information content (AvgIpc) is 3.16. The number of methoxy groups -OCH3 is 1. The third-order valence-corrected chi connectivity index (χ3v) is 7.93. The number of benzene rings is 4. The topological polar surface area (TPSA) is 99.3 Å². The number of hydrogen-bond acceptors (Lipinski definition) is 5. The van der Waals surface area contributed by atoms with E-state index in [9.17, 15) is 19.2 Å². The Balaban J connectivity index is 1.60. The van der Waals surface area contributed by atoms with E-state index in [0.717, 1.165) is 0 Å². The minimum absolute atomic E-state index is 0.259. The fraction of sp³-hybridized carbons (Fsp3) is 0.222. The van der Waals surface area contributed by atoms with E-state index >= 15 is 0 Å². The molecule has 9 nitrogen and oxygen atoms in total. The molecule has 1 aliphatic rings. The van der Waals surface area contributed by atoms with Crippen molar-refractivity contribution in [1.29, 1.82) is 0 Å². The van der Waals surface area contributed by atoms with E-state index in [2.05, 4.69) is 5.32 Å². The highest BCUT2D eigenvalue weighted by atomic mass is 16.5. The number of fused-ring (bicyclic) bond motifs is 1. The number of hydrogen-bond donors (Lipinski definition) is 1. The highest BCUT2D eigenvalue weighted by Gasteiger charge is 2.46.